The van der Waals surface area contributed by atoms with Crippen molar-refractivity contribution in [3.05, 3.63) is 16.1 Å². The molecule has 0 spiro atoms. The van der Waals surface area contributed by atoms with Crippen molar-refractivity contribution in [2.45, 2.75) is 32.3 Å². The molecule has 0 unspecified atom stereocenters. The first-order valence-electron chi connectivity index (χ1n) is 4.42. The first-order valence-corrected chi connectivity index (χ1v) is 5.30. The van der Waals surface area contributed by atoms with Crippen molar-refractivity contribution in [2.24, 2.45) is 0 Å². The Labute approximate surface area is 76.6 Å². The number of aromatic nitrogens is 1. The van der Waals surface area contributed by atoms with E-state index in [-0.39, 0.29) is 0 Å². The summed E-state index contributed by atoms with van der Waals surface area (Å²) in [6, 6.07) is 0. The van der Waals surface area contributed by atoms with Gasteiger partial charge in [-0.15, -0.1) is 11.3 Å². The maximum Gasteiger partial charge on any atom is 0.119 e. The van der Waals surface area contributed by atoms with Crippen LogP contribution in [0, 0.1) is 0 Å². The van der Waals surface area contributed by atoms with E-state index in [2.05, 4.69) is 10.4 Å². The largest absolute Gasteiger partial charge is 0.375 e. The second-order valence-corrected chi connectivity index (χ2v) is 4.02. The van der Waals surface area contributed by atoms with Crippen LogP contribution in [0.5, 0.6) is 0 Å². The highest BCUT2D eigenvalue weighted by Gasteiger charge is 2.25. The fraction of sp³-hybridized carbons (Fsp3) is 0.667. The normalized spacial score (nSPS) is 16.8. The molecule has 0 atom stereocenters. The summed E-state index contributed by atoms with van der Waals surface area (Å²) < 4.78 is 5.28. The van der Waals surface area contributed by atoms with Gasteiger partial charge in [-0.25, -0.2) is 4.98 Å². The average molecular weight is 183 g/mol. The molecule has 2 rings (SSSR count). The zero-order valence-electron chi connectivity index (χ0n) is 7.25. The van der Waals surface area contributed by atoms with Gasteiger partial charge in [-0.2, -0.15) is 0 Å². The van der Waals surface area contributed by atoms with Crippen LogP contribution in [0.1, 0.15) is 36.4 Å². The summed E-state index contributed by atoms with van der Waals surface area (Å²) in [5.74, 6) is 0.775. The standard InChI is InChI=1S/C9H13NOS/c1-2-11-5-9-10-8(6-12-9)7-3-4-7/h6-7H,2-5H2,1H3. The lowest BCUT2D eigenvalue weighted by molar-refractivity contribution is 0.134. The Bertz CT molecular complexity index is 255. The minimum absolute atomic E-state index is 0.688. The third kappa shape index (κ3) is 1.84. The lowest BCUT2D eigenvalue weighted by Crippen LogP contribution is -1.91. The topological polar surface area (TPSA) is 22.1 Å². The van der Waals surface area contributed by atoms with Crippen LogP contribution in [0.3, 0.4) is 0 Å². The Kier molecular flexibility index (Phi) is 2.42. The van der Waals surface area contributed by atoms with Crippen LogP contribution in [0.4, 0.5) is 0 Å². The Morgan fingerprint density at radius 2 is 2.50 bits per heavy atom. The molecule has 0 aromatic carbocycles. The molecular formula is C9H13NOS. The van der Waals surface area contributed by atoms with Crippen molar-refractivity contribution in [3.63, 3.8) is 0 Å². The van der Waals surface area contributed by atoms with Gasteiger partial charge in [0.05, 0.1) is 12.3 Å². The minimum Gasteiger partial charge on any atom is -0.375 e. The van der Waals surface area contributed by atoms with E-state index in [0.29, 0.717) is 6.61 Å². The molecular weight excluding hydrogens is 170 g/mol. The molecule has 1 aliphatic rings. The molecule has 0 amide bonds. The molecule has 0 N–H and O–H groups in total. The molecule has 0 radical (unpaired) electrons. The van der Waals surface area contributed by atoms with E-state index in [1.165, 1.54) is 18.5 Å². The summed E-state index contributed by atoms with van der Waals surface area (Å²) in [5, 5.41) is 3.30. The molecule has 1 fully saturated rings. The second kappa shape index (κ2) is 3.54. The molecule has 1 aromatic heterocycles. The van der Waals surface area contributed by atoms with Gasteiger partial charge >= 0.3 is 0 Å². The summed E-state index contributed by atoms with van der Waals surface area (Å²) in [7, 11) is 0. The van der Waals surface area contributed by atoms with E-state index in [4.69, 9.17) is 4.74 Å². The first kappa shape index (κ1) is 8.20. The maximum absolute atomic E-state index is 5.28. The molecule has 66 valence electrons. The third-order valence-corrected chi connectivity index (χ3v) is 2.84. The Balaban J connectivity index is 1.93. The molecule has 1 aromatic rings. The molecule has 1 heterocycles. The van der Waals surface area contributed by atoms with Gasteiger partial charge < -0.3 is 4.74 Å². The van der Waals surface area contributed by atoms with E-state index in [1.54, 1.807) is 11.3 Å². The summed E-state index contributed by atoms with van der Waals surface area (Å²) >= 11 is 1.72. The second-order valence-electron chi connectivity index (χ2n) is 3.08. The third-order valence-electron chi connectivity index (χ3n) is 1.99. The predicted octanol–water partition coefficient (Wildman–Crippen LogP) is 2.56. The zero-order valence-corrected chi connectivity index (χ0v) is 8.06. The lowest BCUT2D eigenvalue weighted by atomic mass is 10.3. The van der Waals surface area contributed by atoms with Crippen molar-refractivity contribution >= 4 is 11.3 Å². The van der Waals surface area contributed by atoms with Gasteiger partial charge in [0, 0.05) is 17.9 Å². The molecule has 1 saturated carbocycles. The number of ether oxygens (including phenoxy) is 1. The number of hydrogen-bond donors (Lipinski definition) is 0. The Morgan fingerprint density at radius 1 is 1.67 bits per heavy atom. The molecule has 12 heavy (non-hydrogen) atoms. The van der Waals surface area contributed by atoms with Crippen molar-refractivity contribution < 1.29 is 4.74 Å². The number of hydrogen-bond acceptors (Lipinski definition) is 3. The van der Waals surface area contributed by atoms with Crippen molar-refractivity contribution in [2.75, 3.05) is 6.61 Å². The highest BCUT2D eigenvalue weighted by Crippen LogP contribution is 2.40. The van der Waals surface area contributed by atoms with Crippen LogP contribution in [-0.4, -0.2) is 11.6 Å². The van der Waals surface area contributed by atoms with Gasteiger partial charge in [-0.1, -0.05) is 0 Å². The SMILES string of the molecule is CCOCc1nc(C2CC2)cs1. The summed E-state index contributed by atoms with van der Waals surface area (Å²) in [6.07, 6.45) is 2.66. The molecule has 1 aliphatic carbocycles. The van der Waals surface area contributed by atoms with Crippen LogP contribution >= 0.6 is 11.3 Å². The highest BCUT2D eigenvalue weighted by molar-refractivity contribution is 7.09. The number of rotatable bonds is 4. The average Bonchev–Trinajstić information content (AvgIpc) is 2.83. The van der Waals surface area contributed by atoms with E-state index in [1.807, 2.05) is 6.92 Å². The summed E-state index contributed by atoms with van der Waals surface area (Å²) in [6.45, 7) is 3.47. The van der Waals surface area contributed by atoms with Crippen LogP contribution in [0.25, 0.3) is 0 Å². The van der Waals surface area contributed by atoms with Gasteiger partial charge in [0.2, 0.25) is 0 Å². The van der Waals surface area contributed by atoms with Crippen LogP contribution in [0.2, 0.25) is 0 Å². The van der Waals surface area contributed by atoms with Gasteiger partial charge in [0.15, 0.2) is 0 Å². The maximum atomic E-state index is 5.28. The molecule has 3 heteroatoms. The Morgan fingerprint density at radius 3 is 3.17 bits per heavy atom. The molecule has 0 bridgehead atoms. The highest BCUT2D eigenvalue weighted by atomic mass is 32.1. The van der Waals surface area contributed by atoms with E-state index in [9.17, 15) is 0 Å². The fourth-order valence-electron chi connectivity index (χ4n) is 1.15. The van der Waals surface area contributed by atoms with Crippen LogP contribution < -0.4 is 0 Å². The van der Waals surface area contributed by atoms with E-state index in [0.717, 1.165) is 17.5 Å². The first-order chi connectivity index (χ1) is 5.90. The van der Waals surface area contributed by atoms with E-state index >= 15 is 0 Å². The summed E-state index contributed by atoms with van der Waals surface area (Å²) in [5.41, 5.74) is 1.29. The van der Waals surface area contributed by atoms with Gasteiger partial charge in [-0.3, -0.25) is 0 Å². The predicted molar refractivity (Wildman–Crippen MR) is 49.4 cm³/mol. The zero-order chi connectivity index (χ0) is 8.39. The van der Waals surface area contributed by atoms with Gasteiger partial charge in [0.25, 0.3) is 0 Å². The number of thiazole rings is 1. The van der Waals surface area contributed by atoms with Crippen LogP contribution in [0.15, 0.2) is 5.38 Å². The smallest absolute Gasteiger partial charge is 0.119 e. The Hall–Kier alpha value is -0.410. The number of nitrogens with zero attached hydrogens (tertiary/aromatic N) is 1. The molecule has 0 aliphatic heterocycles. The van der Waals surface area contributed by atoms with E-state index < -0.39 is 0 Å². The van der Waals surface area contributed by atoms with Gasteiger partial charge in [-0.05, 0) is 19.8 Å². The van der Waals surface area contributed by atoms with Gasteiger partial charge in [0.1, 0.15) is 5.01 Å². The summed E-state index contributed by atoms with van der Waals surface area (Å²) in [4.78, 5) is 4.50. The fourth-order valence-corrected chi connectivity index (χ4v) is 1.96. The minimum atomic E-state index is 0.688. The quantitative estimate of drug-likeness (QED) is 0.715. The monoisotopic (exact) mass is 183 g/mol. The van der Waals surface area contributed by atoms with Crippen molar-refractivity contribution in [1.82, 2.24) is 4.98 Å². The lowest BCUT2D eigenvalue weighted by Gasteiger charge is -1.94. The molecule has 2 nitrogen and oxygen atoms in total. The van der Waals surface area contributed by atoms with Crippen LogP contribution in [-0.2, 0) is 11.3 Å². The van der Waals surface area contributed by atoms with Crippen molar-refractivity contribution in [3.8, 4) is 0 Å². The molecule has 0 saturated heterocycles. The van der Waals surface area contributed by atoms with Crippen molar-refractivity contribution in [1.29, 1.82) is 0 Å².